The number of aromatic nitrogens is 4. The second-order valence-corrected chi connectivity index (χ2v) is 10.7. The smallest absolute Gasteiger partial charge is 0.235 e. The molecule has 192 valence electrons. The Hall–Kier alpha value is -5.62. The minimum Gasteiger partial charge on any atom is -0.357 e. The number of fused-ring (bicyclic) bond motifs is 6. The van der Waals surface area contributed by atoms with Gasteiger partial charge in [0.25, 0.3) is 0 Å². The van der Waals surface area contributed by atoms with E-state index in [2.05, 4.69) is 58.5 Å². The number of Topliss-reactive ketones (excluding diaryl/α,β-unsaturated/α-hetero) is 2. The number of benzene rings is 3. The van der Waals surface area contributed by atoms with Crippen LogP contribution >= 0.6 is 0 Å². The molecule has 0 saturated carbocycles. The number of pyridine rings is 2. The van der Waals surface area contributed by atoms with Crippen LogP contribution in [0.25, 0.3) is 55.7 Å². The Labute approximate surface area is 233 Å². The van der Waals surface area contributed by atoms with Crippen molar-refractivity contribution in [2.45, 2.75) is 5.92 Å². The van der Waals surface area contributed by atoms with Crippen molar-refractivity contribution >= 4 is 33.4 Å². The lowest BCUT2D eigenvalue weighted by molar-refractivity contribution is 0.0814. The molecule has 9 rings (SSSR count). The van der Waals surface area contributed by atoms with E-state index in [1.165, 1.54) is 0 Å². The van der Waals surface area contributed by atoms with E-state index in [9.17, 15) is 9.59 Å². The number of carbonyl (C=O) groups is 2. The third-order valence-electron chi connectivity index (χ3n) is 8.37. The molecule has 8 bridgehead atoms. The Morgan fingerprint density at radius 3 is 1.54 bits per heavy atom. The molecule has 3 aromatic carbocycles. The summed E-state index contributed by atoms with van der Waals surface area (Å²) in [6.45, 7) is 0. The third kappa shape index (κ3) is 3.07. The molecule has 7 aromatic rings. The molecule has 0 fully saturated rings. The number of ketones is 2. The van der Waals surface area contributed by atoms with Gasteiger partial charge in [-0.05, 0) is 42.0 Å². The molecule has 0 spiro atoms. The van der Waals surface area contributed by atoms with Crippen LogP contribution in [0.15, 0.2) is 103 Å². The summed E-state index contributed by atoms with van der Waals surface area (Å²) in [5.41, 5.74) is 9.87. The van der Waals surface area contributed by atoms with Crippen molar-refractivity contribution in [1.29, 1.82) is 0 Å². The fourth-order valence-electron chi connectivity index (χ4n) is 6.46. The highest BCUT2D eigenvalue weighted by Crippen LogP contribution is 2.40. The van der Waals surface area contributed by atoms with Gasteiger partial charge in [0.1, 0.15) is 11.4 Å². The van der Waals surface area contributed by atoms with Crippen molar-refractivity contribution in [3.05, 3.63) is 131 Å². The number of hydrogen-bond donors (Lipinski definition) is 2. The minimum absolute atomic E-state index is 0.0732. The van der Waals surface area contributed by atoms with Crippen LogP contribution < -0.4 is 0 Å². The summed E-state index contributed by atoms with van der Waals surface area (Å²) in [5.74, 6) is -1.18. The van der Waals surface area contributed by atoms with Gasteiger partial charge in [0.05, 0.1) is 39.5 Å². The van der Waals surface area contributed by atoms with Gasteiger partial charge >= 0.3 is 0 Å². The second-order valence-electron chi connectivity index (χ2n) is 10.7. The van der Waals surface area contributed by atoms with E-state index in [-0.39, 0.29) is 17.0 Å². The van der Waals surface area contributed by atoms with Crippen LogP contribution in [-0.2, 0) is 0 Å². The van der Waals surface area contributed by atoms with Gasteiger partial charge in [-0.2, -0.15) is 0 Å². The van der Waals surface area contributed by atoms with E-state index in [1.54, 1.807) is 12.1 Å². The summed E-state index contributed by atoms with van der Waals surface area (Å²) in [6, 6.07) is 34.2. The van der Waals surface area contributed by atoms with Crippen molar-refractivity contribution in [2.75, 3.05) is 0 Å². The summed E-state index contributed by atoms with van der Waals surface area (Å²) in [5, 5.41) is 2.13. The van der Waals surface area contributed by atoms with E-state index >= 15 is 0 Å². The minimum atomic E-state index is -0.554. The lowest BCUT2D eigenvalue weighted by atomic mass is 9.89. The summed E-state index contributed by atoms with van der Waals surface area (Å²) in [6.07, 6.45) is 0. The lowest BCUT2D eigenvalue weighted by Crippen LogP contribution is -2.23. The molecular weight excluding hydrogens is 508 g/mol. The average Bonchev–Trinajstić information content (AvgIpc) is 3.64. The monoisotopic (exact) mass is 528 g/mol. The molecule has 0 unspecified atom stereocenters. The topological polar surface area (TPSA) is 91.5 Å². The zero-order valence-electron chi connectivity index (χ0n) is 21.6. The van der Waals surface area contributed by atoms with E-state index in [0.29, 0.717) is 22.8 Å². The van der Waals surface area contributed by atoms with Crippen molar-refractivity contribution in [3.8, 4) is 33.9 Å². The first kappa shape index (κ1) is 22.2. The number of rotatable bonds is 1. The van der Waals surface area contributed by atoms with E-state index in [4.69, 9.17) is 9.97 Å². The largest absolute Gasteiger partial charge is 0.357 e. The van der Waals surface area contributed by atoms with Gasteiger partial charge in [-0.3, -0.25) is 9.59 Å². The quantitative estimate of drug-likeness (QED) is 0.219. The number of nitrogens with zero attached hydrogens (tertiary/aromatic N) is 2. The number of nitrogens with one attached hydrogen (secondary N) is 2. The Bertz CT molecular complexity index is 2120. The number of H-pyrrole nitrogens is 2. The van der Waals surface area contributed by atoms with Gasteiger partial charge in [0.2, 0.25) is 11.6 Å². The Balaban J connectivity index is 1.44. The molecule has 6 nitrogen and oxygen atoms in total. The number of carbonyl (C=O) groups excluding carboxylic acids is 2. The first-order chi connectivity index (χ1) is 20.1. The number of aromatic amines is 2. The molecule has 5 heterocycles. The van der Waals surface area contributed by atoms with Gasteiger partial charge in [-0.1, -0.05) is 66.7 Å². The first-order valence-corrected chi connectivity index (χ1v) is 13.5. The standard InChI is InChI=1S/C35H20N4O2/c40-34-23-12-14-25-21-10-4-8-19-16-27(38-30(19)21)29(18-6-2-1-3-7-18)28-17-20-9-5-11-22(31(20)39-28)26-15-13-24(35(34)41)33(37-26)32(23)36-25/h1-17,29,38-39H. The molecule has 0 saturated heterocycles. The van der Waals surface area contributed by atoms with Crippen molar-refractivity contribution in [3.63, 3.8) is 0 Å². The molecule has 0 radical (unpaired) electrons. The van der Waals surface area contributed by atoms with Crippen LogP contribution in [0.1, 0.15) is 43.6 Å². The average molecular weight is 529 g/mol. The zero-order chi connectivity index (χ0) is 27.2. The summed E-state index contributed by atoms with van der Waals surface area (Å²) >= 11 is 0. The Morgan fingerprint density at radius 2 is 1.02 bits per heavy atom. The molecular formula is C35H20N4O2. The van der Waals surface area contributed by atoms with Crippen LogP contribution in [0.3, 0.4) is 0 Å². The fraction of sp³-hybridized carbons (Fsp3) is 0.0286. The van der Waals surface area contributed by atoms with E-state index in [1.807, 2.05) is 42.5 Å². The van der Waals surface area contributed by atoms with Crippen molar-refractivity contribution in [2.24, 2.45) is 0 Å². The maximum atomic E-state index is 13.1. The van der Waals surface area contributed by atoms with Crippen LogP contribution in [-0.4, -0.2) is 31.5 Å². The number of para-hydroxylation sites is 2. The van der Waals surface area contributed by atoms with Gasteiger partial charge < -0.3 is 9.97 Å². The highest BCUT2D eigenvalue weighted by Gasteiger charge is 2.34. The molecule has 2 N–H and O–H groups in total. The van der Waals surface area contributed by atoms with Crippen LogP contribution in [0, 0.1) is 0 Å². The summed E-state index contributed by atoms with van der Waals surface area (Å²) in [4.78, 5) is 43.6. The SMILES string of the molecule is O=C1C(=O)c2ccc3nc2-c2nc(ccc21)-c1cccc2cc([nH]c12)C(c1ccccc1)c1cc2cccc-3c2[nH]1. The second kappa shape index (κ2) is 7.96. The van der Waals surface area contributed by atoms with Gasteiger partial charge in [-0.15, -0.1) is 0 Å². The maximum absolute atomic E-state index is 13.1. The van der Waals surface area contributed by atoms with Crippen molar-refractivity contribution in [1.82, 2.24) is 19.9 Å². The fourth-order valence-corrected chi connectivity index (χ4v) is 6.46. The summed E-state index contributed by atoms with van der Waals surface area (Å²) in [7, 11) is 0. The molecule has 0 amide bonds. The van der Waals surface area contributed by atoms with Gasteiger partial charge in [-0.25, -0.2) is 9.97 Å². The molecule has 1 aliphatic heterocycles. The van der Waals surface area contributed by atoms with Crippen LogP contribution in [0.4, 0.5) is 0 Å². The number of hydrogen-bond acceptors (Lipinski definition) is 4. The normalized spacial score (nSPS) is 13.9. The molecule has 1 aliphatic carbocycles. The predicted octanol–water partition coefficient (Wildman–Crippen LogP) is 7.31. The van der Waals surface area contributed by atoms with Gasteiger partial charge in [0.15, 0.2) is 0 Å². The predicted molar refractivity (Wildman–Crippen MR) is 158 cm³/mol. The Kier molecular flexibility index (Phi) is 4.31. The highest BCUT2D eigenvalue weighted by molar-refractivity contribution is 6.52. The van der Waals surface area contributed by atoms with Crippen molar-refractivity contribution < 1.29 is 9.59 Å². The van der Waals surface area contributed by atoms with Crippen LogP contribution in [0.2, 0.25) is 0 Å². The van der Waals surface area contributed by atoms with E-state index < -0.39 is 11.6 Å². The summed E-state index contributed by atoms with van der Waals surface area (Å²) < 4.78 is 0. The van der Waals surface area contributed by atoms with Crippen LogP contribution in [0.5, 0.6) is 0 Å². The first-order valence-electron chi connectivity index (χ1n) is 13.5. The lowest BCUT2D eigenvalue weighted by Gasteiger charge is -2.18. The Morgan fingerprint density at radius 1 is 0.512 bits per heavy atom. The highest BCUT2D eigenvalue weighted by atomic mass is 16.2. The van der Waals surface area contributed by atoms with Gasteiger partial charge in [0, 0.05) is 33.3 Å². The zero-order valence-corrected chi connectivity index (χ0v) is 21.6. The maximum Gasteiger partial charge on any atom is 0.235 e. The molecule has 0 atom stereocenters. The molecule has 2 aliphatic rings. The molecule has 4 aromatic heterocycles. The third-order valence-corrected chi connectivity index (χ3v) is 8.37. The molecule has 6 heteroatoms. The van der Waals surface area contributed by atoms with E-state index in [0.717, 1.165) is 49.9 Å². The molecule has 41 heavy (non-hydrogen) atoms.